The number of Topliss-reactive ketones (excluding diaryl/α,β-unsaturated/α-hetero) is 1. The first-order chi connectivity index (χ1) is 10.5. The van der Waals surface area contributed by atoms with E-state index in [1.807, 2.05) is 25.1 Å². The van der Waals surface area contributed by atoms with Crippen molar-refractivity contribution in [2.75, 3.05) is 6.54 Å². The van der Waals surface area contributed by atoms with Crippen LogP contribution in [0, 0.1) is 19.3 Å². The highest BCUT2D eigenvalue weighted by Crippen LogP contribution is 2.23. The van der Waals surface area contributed by atoms with Crippen LogP contribution in [0.3, 0.4) is 0 Å². The smallest absolute Gasteiger partial charge is 0.238 e. The lowest BCUT2D eigenvalue weighted by atomic mass is 10.2. The van der Waals surface area contributed by atoms with E-state index in [4.69, 9.17) is 12.2 Å². The zero-order valence-corrected chi connectivity index (χ0v) is 13.1. The van der Waals surface area contributed by atoms with E-state index in [1.165, 1.54) is 11.3 Å². The van der Waals surface area contributed by atoms with Crippen LogP contribution in [-0.2, 0) is 16.0 Å². The Morgan fingerprint density at radius 1 is 1.50 bits per heavy atom. The molecule has 3 N–H and O–H groups in total. The third-order valence-electron chi connectivity index (χ3n) is 3.07. The number of aryl methyl sites for hydroxylation is 1. The normalized spacial score (nSPS) is 11.9. The Balaban J connectivity index is 1.91. The fraction of sp³-hybridized carbons (Fsp3) is 0.312. The van der Waals surface area contributed by atoms with Crippen molar-refractivity contribution in [3.05, 3.63) is 28.8 Å². The first-order valence-electron chi connectivity index (χ1n) is 6.84. The van der Waals surface area contributed by atoms with E-state index in [0.717, 1.165) is 20.8 Å². The molecule has 0 radical (unpaired) electrons. The molecule has 1 amide bonds. The standard InChI is InChI=1S/C16H17N3O2S/c1-3-4-12(17)16(21)18-9-11(20)8-15-19-13-6-5-10(2)7-14(13)22-15/h1,5-7,12H,4,8-9,17H2,2H3,(H,18,21)/t12-/m1/s1. The monoisotopic (exact) mass is 315 g/mol. The predicted molar refractivity (Wildman–Crippen MR) is 87.5 cm³/mol. The van der Waals surface area contributed by atoms with E-state index in [2.05, 4.69) is 16.2 Å². The van der Waals surface area contributed by atoms with Crippen LogP contribution >= 0.6 is 11.3 Å². The molecule has 0 aliphatic heterocycles. The number of rotatable bonds is 6. The quantitative estimate of drug-likeness (QED) is 0.784. The van der Waals surface area contributed by atoms with Gasteiger partial charge < -0.3 is 11.1 Å². The first-order valence-corrected chi connectivity index (χ1v) is 7.65. The molecular weight excluding hydrogens is 298 g/mol. The van der Waals surface area contributed by atoms with Crippen molar-refractivity contribution < 1.29 is 9.59 Å². The summed E-state index contributed by atoms with van der Waals surface area (Å²) in [6, 6.07) is 5.20. The van der Waals surface area contributed by atoms with E-state index in [9.17, 15) is 9.59 Å². The summed E-state index contributed by atoms with van der Waals surface area (Å²) in [6.07, 6.45) is 5.44. The number of benzene rings is 1. The van der Waals surface area contributed by atoms with Gasteiger partial charge in [-0.25, -0.2) is 4.98 Å². The molecule has 114 valence electrons. The summed E-state index contributed by atoms with van der Waals surface area (Å²) in [6.45, 7) is 1.95. The average molecular weight is 315 g/mol. The molecule has 1 aromatic heterocycles. The number of hydrogen-bond donors (Lipinski definition) is 2. The summed E-state index contributed by atoms with van der Waals surface area (Å²) < 4.78 is 1.06. The number of ketones is 1. The lowest BCUT2D eigenvalue weighted by Gasteiger charge is -2.08. The molecule has 0 unspecified atom stereocenters. The summed E-state index contributed by atoms with van der Waals surface area (Å²) in [4.78, 5) is 27.9. The maximum atomic E-state index is 11.9. The number of terminal acetylenes is 1. The zero-order valence-electron chi connectivity index (χ0n) is 12.3. The Morgan fingerprint density at radius 2 is 2.27 bits per heavy atom. The minimum atomic E-state index is -0.775. The molecule has 0 fully saturated rings. The van der Waals surface area contributed by atoms with Gasteiger partial charge in [0.1, 0.15) is 5.01 Å². The van der Waals surface area contributed by atoms with Gasteiger partial charge in [0, 0.05) is 6.42 Å². The molecule has 0 bridgehead atoms. The highest BCUT2D eigenvalue weighted by atomic mass is 32.1. The third kappa shape index (κ3) is 4.13. The molecule has 0 saturated heterocycles. The van der Waals surface area contributed by atoms with Gasteiger partial charge in [0.2, 0.25) is 5.91 Å². The van der Waals surface area contributed by atoms with Crippen LogP contribution in [0.5, 0.6) is 0 Å². The minimum Gasteiger partial charge on any atom is -0.348 e. The minimum absolute atomic E-state index is 0.0634. The van der Waals surface area contributed by atoms with Crippen molar-refractivity contribution in [2.24, 2.45) is 5.73 Å². The van der Waals surface area contributed by atoms with E-state index in [0.29, 0.717) is 0 Å². The van der Waals surface area contributed by atoms with Crippen LogP contribution in [0.4, 0.5) is 0 Å². The number of fused-ring (bicyclic) bond motifs is 1. The molecule has 1 atom stereocenters. The Labute approximate surface area is 132 Å². The largest absolute Gasteiger partial charge is 0.348 e. The van der Waals surface area contributed by atoms with Crippen LogP contribution in [0.25, 0.3) is 10.2 Å². The van der Waals surface area contributed by atoms with Gasteiger partial charge in [-0.05, 0) is 24.6 Å². The molecule has 1 aromatic carbocycles. The molecule has 0 aliphatic rings. The predicted octanol–water partition coefficient (Wildman–Crippen LogP) is 1.18. The average Bonchev–Trinajstić information content (AvgIpc) is 2.86. The van der Waals surface area contributed by atoms with E-state index in [1.54, 1.807) is 0 Å². The Bertz CT molecular complexity index is 745. The summed E-state index contributed by atoms with van der Waals surface area (Å²) in [5, 5.41) is 3.24. The second-order valence-corrected chi connectivity index (χ2v) is 6.14. The highest BCUT2D eigenvalue weighted by Gasteiger charge is 2.14. The van der Waals surface area contributed by atoms with Crippen molar-refractivity contribution in [2.45, 2.75) is 25.8 Å². The van der Waals surface area contributed by atoms with Crippen LogP contribution < -0.4 is 11.1 Å². The Morgan fingerprint density at radius 3 is 3.00 bits per heavy atom. The lowest BCUT2D eigenvalue weighted by Crippen LogP contribution is -2.42. The van der Waals surface area contributed by atoms with Crippen molar-refractivity contribution in [3.8, 4) is 12.3 Å². The zero-order chi connectivity index (χ0) is 16.1. The molecule has 0 spiro atoms. The summed E-state index contributed by atoms with van der Waals surface area (Å²) >= 11 is 1.49. The van der Waals surface area contributed by atoms with Crippen LogP contribution in [-0.4, -0.2) is 29.3 Å². The number of nitrogens with one attached hydrogen (secondary N) is 1. The fourth-order valence-electron chi connectivity index (χ4n) is 1.92. The molecular formula is C16H17N3O2S. The molecule has 2 aromatic rings. The van der Waals surface area contributed by atoms with Gasteiger partial charge in [0.25, 0.3) is 0 Å². The highest BCUT2D eigenvalue weighted by molar-refractivity contribution is 7.18. The summed E-state index contributed by atoms with van der Waals surface area (Å²) in [5.74, 6) is 1.79. The van der Waals surface area contributed by atoms with Crippen molar-refractivity contribution in [1.29, 1.82) is 0 Å². The lowest BCUT2D eigenvalue weighted by molar-refractivity contribution is -0.125. The fourth-order valence-corrected chi connectivity index (χ4v) is 3.02. The van der Waals surface area contributed by atoms with Gasteiger partial charge in [-0.2, -0.15) is 0 Å². The van der Waals surface area contributed by atoms with Crippen molar-refractivity contribution in [1.82, 2.24) is 10.3 Å². The number of aromatic nitrogens is 1. The van der Waals surface area contributed by atoms with Crippen LogP contribution in [0.1, 0.15) is 17.0 Å². The molecule has 0 aliphatic carbocycles. The second-order valence-electron chi connectivity index (χ2n) is 5.03. The van der Waals surface area contributed by atoms with Crippen molar-refractivity contribution in [3.63, 3.8) is 0 Å². The van der Waals surface area contributed by atoms with Gasteiger partial charge in [0.15, 0.2) is 5.78 Å². The van der Waals surface area contributed by atoms with Gasteiger partial charge in [-0.1, -0.05) is 6.07 Å². The van der Waals surface area contributed by atoms with E-state index < -0.39 is 11.9 Å². The number of hydrogen-bond acceptors (Lipinski definition) is 5. The Hall–Kier alpha value is -2.23. The summed E-state index contributed by atoms with van der Waals surface area (Å²) in [7, 11) is 0. The number of nitrogens with zero attached hydrogens (tertiary/aromatic N) is 1. The van der Waals surface area contributed by atoms with Gasteiger partial charge >= 0.3 is 0 Å². The van der Waals surface area contributed by atoms with Gasteiger partial charge in [-0.3, -0.25) is 9.59 Å². The van der Waals surface area contributed by atoms with E-state index >= 15 is 0 Å². The molecule has 1 heterocycles. The number of carbonyl (C=O) groups is 2. The molecule has 2 rings (SSSR count). The second kappa shape index (κ2) is 7.16. The SMILES string of the molecule is C#CC[C@@H](N)C(=O)NCC(=O)Cc1nc2ccc(C)cc2s1. The van der Waals surface area contributed by atoms with Crippen molar-refractivity contribution >= 4 is 33.2 Å². The maximum absolute atomic E-state index is 11.9. The molecule has 5 nitrogen and oxygen atoms in total. The topological polar surface area (TPSA) is 85.1 Å². The van der Waals surface area contributed by atoms with Gasteiger partial charge in [-0.15, -0.1) is 23.7 Å². The first kappa shape index (κ1) is 16.1. The maximum Gasteiger partial charge on any atom is 0.238 e. The Kier molecular flexibility index (Phi) is 5.26. The summed E-state index contributed by atoms with van der Waals surface area (Å²) in [5.41, 5.74) is 7.60. The van der Waals surface area contributed by atoms with Gasteiger partial charge in [0.05, 0.1) is 29.2 Å². The number of amides is 1. The van der Waals surface area contributed by atoms with Crippen LogP contribution in [0.2, 0.25) is 0 Å². The van der Waals surface area contributed by atoms with E-state index in [-0.39, 0.29) is 25.2 Å². The molecule has 6 heteroatoms. The number of thiazole rings is 1. The number of nitrogens with two attached hydrogens (primary N) is 1. The molecule has 0 saturated carbocycles. The molecule has 22 heavy (non-hydrogen) atoms. The third-order valence-corrected chi connectivity index (χ3v) is 4.09. The number of carbonyl (C=O) groups excluding carboxylic acids is 2. The van der Waals surface area contributed by atoms with Crippen LogP contribution in [0.15, 0.2) is 18.2 Å².